The standard InChI is InChI=1S/C35H43BrN4O6/c1-34(2,3)30(38-33(44)46-4)31(42)39-40(22-24-14-16-26(36)17-15-24)19-18-35(45,21-23-10-6-5-7-11-23)32(43)37-29-27-13-9-8-12-25(27)20-28(29)41/h5-17,28-30,41,45H,18-22H2,1-4H3,(H,37,43)(H,38,44)(H,39,42)/t28-,29?,30-,35+/m1/s1. The predicted octanol–water partition coefficient (Wildman–Crippen LogP) is 4.19. The summed E-state index contributed by atoms with van der Waals surface area (Å²) in [6.45, 7) is 5.81. The maximum atomic E-state index is 14.0. The second-order valence-electron chi connectivity index (χ2n) is 12.8. The average Bonchev–Trinajstić information content (AvgIpc) is 3.33. The second-order valence-corrected chi connectivity index (χ2v) is 13.7. The quantitative estimate of drug-likeness (QED) is 0.179. The van der Waals surface area contributed by atoms with Crippen molar-refractivity contribution in [2.75, 3.05) is 13.7 Å². The first-order chi connectivity index (χ1) is 21.8. The van der Waals surface area contributed by atoms with Crippen LogP contribution in [0.25, 0.3) is 0 Å². The van der Waals surface area contributed by atoms with E-state index in [1.165, 1.54) is 7.11 Å². The third-order valence-electron chi connectivity index (χ3n) is 8.18. The smallest absolute Gasteiger partial charge is 0.407 e. The second kappa shape index (κ2) is 15.2. The summed E-state index contributed by atoms with van der Waals surface area (Å²) in [5, 5.41) is 30.1. The SMILES string of the molecule is COC(=O)N[C@H](C(=O)NN(CC[C@](O)(Cc1ccccc1)C(=O)NC1c2ccccc2C[C@H]1O)Cc1ccc(Br)cc1)C(C)(C)C. The zero-order valence-electron chi connectivity index (χ0n) is 26.6. The minimum atomic E-state index is -1.89. The van der Waals surface area contributed by atoms with E-state index in [0.29, 0.717) is 6.42 Å². The third kappa shape index (κ3) is 9.16. The number of hydrogen-bond donors (Lipinski definition) is 5. The van der Waals surface area contributed by atoms with Gasteiger partial charge in [-0.15, -0.1) is 0 Å². The van der Waals surface area contributed by atoms with E-state index in [4.69, 9.17) is 4.74 Å². The van der Waals surface area contributed by atoms with E-state index in [2.05, 4.69) is 32.0 Å². The maximum Gasteiger partial charge on any atom is 0.407 e. The molecule has 0 aromatic heterocycles. The van der Waals surface area contributed by atoms with Crippen LogP contribution >= 0.6 is 15.9 Å². The summed E-state index contributed by atoms with van der Waals surface area (Å²) in [5.74, 6) is -1.09. The number of ether oxygens (including phenoxy) is 1. The topological polar surface area (TPSA) is 140 Å². The van der Waals surface area contributed by atoms with Gasteiger partial charge < -0.3 is 25.6 Å². The number of halogens is 1. The molecule has 3 aromatic rings. The Balaban J connectivity index is 1.60. The number of nitrogens with zero attached hydrogens (tertiary/aromatic N) is 1. The molecule has 0 fully saturated rings. The lowest BCUT2D eigenvalue weighted by molar-refractivity contribution is -0.143. The lowest BCUT2D eigenvalue weighted by atomic mass is 9.86. The number of fused-ring (bicyclic) bond motifs is 1. The molecule has 0 spiro atoms. The van der Waals surface area contributed by atoms with Gasteiger partial charge in [-0.2, -0.15) is 0 Å². The molecule has 0 radical (unpaired) electrons. The van der Waals surface area contributed by atoms with E-state index in [1.54, 1.807) is 5.01 Å². The summed E-state index contributed by atoms with van der Waals surface area (Å²) in [6.07, 6.45) is -1.20. The van der Waals surface area contributed by atoms with Crippen molar-refractivity contribution in [3.8, 4) is 0 Å². The number of amides is 3. The molecule has 1 aliphatic carbocycles. The summed E-state index contributed by atoms with van der Waals surface area (Å²) >= 11 is 3.45. The number of aliphatic hydroxyl groups is 2. The fourth-order valence-corrected chi connectivity index (χ4v) is 5.88. The number of alkyl carbamates (subject to hydrolysis) is 1. The number of hydrazine groups is 1. The van der Waals surface area contributed by atoms with Gasteiger partial charge in [0.2, 0.25) is 0 Å². The van der Waals surface area contributed by atoms with Crippen molar-refractivity contribution in [3.63, 3.8) is 0 Å². The van der Waals surface area contributed by atoms with E-state index in [0.717, 1.165) is 26.7 Å². The molecule has 3 aromatic carbocycles. The van der Waals surface area contributed by atoms with Crippen molar-refractivity contribution in [2.24, 2.45) is 5.41 Å². The van der Waals surface area contributed by atoms with Crippen LogP contribution in [-0.4, -0.2) is 64.5 Å². The molecule has 46 heavy (non-hydrogen) atoms. The zero-order chi connectivity index (χ0) is 33.5. The molecular formula is C35H43BrN4O6. The first kappa shape index (κ1) is 35.1. The Morgan fingerprint density at radius 1 is 0.978 bits per heavy atom. The van der Waals surface area contributed by atoms with Gasteiger partial charge in [-0.1, -0.05) is 103 Å². The van der Waals surface area contributed by atoms with Gasteiger partial charge in [-0.25, -0.2) is 9.80 Å². The van der Waals surface area contributed by atoms with Crippen LogP contribution < -0.4 is 16.1 Å². The Bertz CT molecular complexity index is 1500. The number of aliphatic hydroxyl groups excluding tert-OH is 1. The number of carbonyl (C=O) groups excluding carboxylic acids is 3. The summed E-state index contributed by atoms with van der Waals surface area (Å²) in [6, 6.07) is 22.7. The number of hydrogen-bond acceptors (Lipinski definition) is 7. The Morgan fingerprint density at radius 2 is 1.63 bits per heavy atom. The summed E-state index contributed by atoms with van der Waals surface area (Å²) in [5.41, 5.74) is 3.76. The molecule has 0 saturated carbocycles. The molecule has 3 amide bonds. The molecule has 10 nitrogen and oxygen atoms in total. The van der Waals surface area contributed by atoms with Crippen LogP contribution in [0.5, 0.6) is 0 Å². The van der Waals surface area contributed by atoms with Crippen molar-refractivity contribution in [3.05, 3.63) is 106 Å². The highest BCUT2D eigenvalue weighted by Gasteiger charge is 2.41. The Kier molecular flexibility index (Phi) is 11.6. The minimum Gasteiger partial charge on any atom is -0.453 e. The largest absolute Gasteiger partial charge is 0.453 e. The van der Waals surface area contributed by atoms with E-state index in [9.17, 15) is 24.6 Å². The molecular weight excluding hydrogens is 652 g/mol. The molecule has 0 saturated heterocycles. The Morgan fingerprint density at radius 3 is 2.28 bits per heavy atom. The third-order valence-corrected chi connectivity index (χ3v) is 8.71. The van der Waals surface area contributed by atoms with Crippen LogP contribution in [-0.2, 0) is 33.7 Å². The van der Waals surface area contributed by atoms with Crippen LogP contribution in [0.15, 0.2) is 83.3 Å². The zero-order valence-corrected chi connectivity index (χ0v) is 28.2. The number of methoxy groups -OCH3 is 1. The van der Waals surface area contributed by atoms with Crippen LogP contribution in [0, 0.1) is 5.41 Å². The fraction of sp³-hybridized carbons (Fsp3) is 0.400. The number of rotatable bonds is 12. The van der Waals surface area contributed by atoms with Crippen molar-refractivity contribution in [1.82, 2.24) is 21.1 Å². The molecule has 0 aliphatic heterocycles. The predicted molar refractivity (Wildman–Crippen MR) is 178 cm³/mol. The molecule has 0 bridgehead atoms. The van der Waals surface area contributed by atoms with Gasteiger partial charge in [0.05, 0.1) is 19.3 Å². The van der Waals surface area contributed by atoms with Crippen molar-refractivity contribution >= 4 is 33.8 Å². The van der Waals surface area contributed by atoms with Crippen molar-refractivity contribution in [1.29, 1.82) is 0 Å². The lowest BCUT2D eigenvalue weighted by Crippen LogP contribution is -2.58. The highest BCUT2D eigenvalue weighted by Crippen LogP contribution is 2.32. The maximum absolute atomic E-state index is 14.0. The highest BCUT2D eigenvalue weighted by molar-refractivity contribution is 9.10. The summed E-state index contributed by atoms with van der Waals surface area (Å²) in [4.78, 5) is 39.7. The molecule has 4 rings (SSSR count). The monoisotopic (exact) mass is 694 g/mol. The van der Waals surface area contributed by atoms with Gasteiger partial charge in [0.15, 0.2) is 0 Å². The minimum absolute atomic E-state index is 0.0126. The highest BCUT2D eigenvalue weighted by atomic mass is 79.9. The molecule has 4 atom stereocenters. The Hall–Kier alpha value is -3.77. The summed E-state index contributed by atoms with van der Waals surface area (Å²) < 4.78 is 5.65. The fourth-order valence-electron chi connectivity index (χ4n) is 5.62. The first-order valence-electron chi connectivity index (χ1n) is 15.3. The van der Waals surface area contributed by atoms with Crippen LogP contribution in [0.2, 0.25) is 0 Å². The van der Waals surface area contributed by atoms with Gasteiger partial charge in [0.25, 0.3) is 11.8 Å². The Labute approximate surface area is 278 Å². The van der Waals surface area contributed by atoms with Crippen LogP contribution in [0.1, 0.15) is 55.5 Å². The lowest BCUT2D eigenvalue weighted by Gasteiger charge is -2.35. The number of nitrogens with one attached hydrogen (secondary N) is 3. The summed E-state index contributed by atoms with van der Waals surface area (Å²) in [7, 11) is 1.23. The van der Waals surface area contributed by atoms with Gasteiger partial charge in [0, 0.05) is 36.8 Å². The molecule has 0 heterocycles. The van der Waals surface area contributed by atoms with E-state index < -0.39 is 47.1 Å². The number of benzene rings is 3. The first-order valence-corrected chi connectivity index (χ1v) is 16.1. The molecule has 11 heteroatoms. The molecule has 5 N–H and O–H groups in total. The van der Waals surface area contributed by atoms with E-state index >= 15 is 0 Å². The van der Waals surface area contributed by atoms with Crippen LogP contribution in [0.3, 0.4) is 0 Å². The average molecular weight is 696 g/mol. The van der Waals surface area contributed by atoms with Crippen molar-refractivity contribution in [2.45, 2.75) is 70.4 Å². The van der Waals surface area contributed by atoms with Crippen LogP contribution in [0.4, 0.5) is 4.79 Å². The van der Waals surface area contributed by atoms with E-state index in [1.807, 2.05) is 99.6 Å². The van der Waals surface area contributed by atoms with E-state index in [-0.39, 0.29) is 25.9 Å². The normalized spacial score (nSPS) is 17.8. The number of carbonyl (C=O) groups is 3. The van der Waals surface area contributed by atoms with Gasteiger partial charge in [0.1, 0.15) is 11.6 Å². The van der Waals surface area contributed by atoms with Gasteiger partial charge in [-0.3, -0.25) is 15.0 Å². The molecule has 246 valence electrons. The van der Waals surface area contributed by atoms with Crippen molar-refractivity contribution < 1.29 is 29.3 Å². The molecule has 1 aliphatic rings. The van der Waals surface area contributed by atoms with Gasteiger partial charge in [-0.05, 0) is 39.8 Å². The molecule has 1 unspecified atom stereocenters. The van der Waals surface area contributed by atoms with Gasteiger partial charge >= 0.3 is 6.09 Å².